The van der Waals surface area contributed by atoms with Gasteiger partial charge in [-0.15, -0.1) is 0 Å². The lowest BCUT2D eigenvalue weighted by atomic mass is 10.2. The zero-order valence-corrected chi connectivity index (χ0v) is 8.79. The molecule has 0 aliphatic carbocycles. The summed E-state index contributed by atoms with van der Waals surface area (Å²) in [6.45, 7) is 0.0766. The van der Waals surface area contributed by atoms with Gasteiger partial charge in [0.1, 0.15) is 12.2 Å². The van der Waals surface area contributed by atoms with Crippen LogP contribution in [0.4, 0.5) is 0 Å². The molecule has 0 unspecified atom stereocenters. The van der Waals surface area contributed by atoms with Crippen LogP contribution in [0, 0.1) is 0 Å². The van der Waals surface area contributed by atoms with Gasteiger partial charge in [-0.1, -0.05) is 23.4 Å². The second-order valence-electron chi connectivity index (χ2n) is 3.47. The maximum Gasteiger partial charge on any atom is 0.255 e. The number of para-hydroxylation sites is 1. The monoisotopic (exact) mass is 231 g/mol. The largest absolute Gasteiger partial charge is 0.453 e. The molecule has 2 heterocycles. The molecular formula is C11H9N3O3. The molecule has 0 saturated carbocycles. The molecule has 6 nitrogen and oxygen atoms in total. The van der Waals surface area contributed by atoms with Crippen molar-refractivity contribution in [2.45, 2.75) is 6.61 Å². The minimum Gasteiger partial charge on any atom is -0.453 e. The molecule has 1 aromatic carbocycles. The lowest BCUT2D eigenvalue weighted by Gasteiger charge is -1.86. The molecular weight excluding hydrogens is 222 g/mol. The van der Waals surface area contributed by atoms with E-state index < -0.39 is 0 Å². The quantitative estimate of drug-likeness (QED) is 0.692. The highest BCUT2D eigenvalue weighted by Gasteiger charge is 2.12. The van der Waals surface area contributed by atoms with Crippen molar-refractivity contribution in [2.75, 3.05) is 0 Å². The Bertz CT molecular complexity index is 611. The van der Waals surface area contributed by atoms with Gasteiger partial charge in [-0.25, -0.2) is 5.90 Å². The first-order valence-electron chi connectivity index (χ1n) is 5.00. The van der Waals surface area contributed by atoms with Gasteiger partial charge >= 0.3 is 0 Å². The summed E-state index contributed by atoms with van der Waals surface area (Å²) in [6.07, 6.45) is 0. The summed E-state index contributed by atoms with van der Waals surface area (Å²) in [4.78, 5) is 8.50. The fourth-order valence-corrected chi connectivity index (χ4v) is 1.58. The number of fused-ring (bicyclic) bond motifs is 1. The highest BCUT2D eigenvalue weighted by atomic mass is 16.6. The lowest BCUT2D eigenvalue weighted by molar-refractivity contribution is 0.0995. The second-order valence-corrected chi connectivity index (χ2v) is 3.47. The Hall–Kier alpha value is -2.18. The van der Waals surface area contributed by atoms with Crippen molar-refractivity contribution in [3.63, 3.8) is 0 Å². The summed E-state index contributed by atoms with van der Waals surface area (Å²) in [5, 5.41) is 4.77. The molecule has 17 heavy (non-hydrogen) atoms. The number of benzene rings is 1. The summed E-state index contributed by atoms with van der Waals surface area (Å²) in [5.74, 6) is 6.16. The van der Waals surface area contributed by atoms with E-state index >= 15 is 0 Å². The van der Waals surface area contributed by atoms with E-state index in [4.69, 9.17) is 14.8 Å². The molecule has 0 fully saturated rings. The number of furan rings is 1. The molecule has 0 radical (unpaired) electrons. The average Bonchev–Trinajstić information content (AvgIpc) is 2.94. The third-order valence-electron chi connectivity index (χ3n) is 2.32. The molecule has 2 aromatic heterocycles. The Balaban J connectivity index is 2.01. The molecule has 3 aromatic rings. The Morgan fingerprint density at radius 3 is 3.00 bits per heavy atom. The smallest absolute Gasteiger partial charge is 0.255 e. The summed E-state index contributed by atoms with van der Waals surface area (Å²) < 4.78 is 10.5. The molecule has 0 atom stereocenters. The van der Waals surface area contributed by atoms with Crippen LogP contribution in [0.1, 0.15) is 5.89 Å². The van der Waals surface area contributed by atoms with Crippen molar-refractivity contribution in [3.8, 4) is 11.6 Å². The van der Waals surface area contributed by atoms with E-state index in [1.807, 2.05) is 30.3 Å². The molecule has 0 spiro atoms. The third kappa shape index (κ3) is 1.79. The average molecular weight is 231 g/mol. The van der Waals surface area contributed by atoms with Crippen LogP contribution in [-0.4, -0.2) is 10.1 Å². The van der Waals surface area contributed by atoms with Gasteiger partial charge in [0.15, 0.2) is 5.76 Å². The van der Waals surface area contributed by atoms with Crippen molar-refractivity contribution < 1.29 is 13.8 Å². The van der Waals surface area contributed by atoms with Gasteiger partial charge in [0, 0.05) is 5.39 Å². The van der Waals surface area contributed by atoms with Gasteiger partial charge in [0.05, 0.1) is 0 Å². The molecule has 6 heteroatoms. The molecule has 0 amide bonds. The fourth-order valence-electron chi connectivity index (χ4n) is 1.58. The highest BCUT2D eigenvalue weighted by molar-refractivity contribution is 5.81. The second kappa shape index (κ2) is 4.00. The zero-order valence-electron chi connectivity index (χ0n) is 8.79. The standard InChI is InChI=1S/C11H9N3O3/c12-15-6-10-13-11(14-17-10)9-5-7-3-1-2-4-8(7)16-9/h1-5H,6,12H2. The van der Waals surface area contributed by atoms with Gasteiger partial charge in [-0.2, -0.15) is 4.98 Å². The number of hydrogen-bond donors (Lipinski definition) is 1. The van der Waals surface area contributed by atoms with Crippen molar-refractivity contribution >= 4 is 11.0 Å². The molecule has 2 N–H and O–H groups in total. The summed E-state index contributed by atoms with van der Waals surface area (Å²) >= 11 is 0. The first-order chi connectivity index (χ1) is 8.36. The van der Waals surface area contributed by atoms with E-state index in [9.17, 15) is 0 Å². The number of aromatic nitrogens is 2. The number of nitrogens with zero attached hydrogens (tertiary/aromatic N) is 2. The van der Waals surface area contributed by atoms with Crippen molar-refractivity contribution in [2.24, 2.45) is 5.90 Å². The number of nitrogens with two attached hydrogens (primary N) is 1. The van der Waals surface area contributed by atoms with E-state index in [0.717, 1.165) is 11.0 Å². The molecule has 0 aliphatic heterocycles. The van der Waals surface area contributed by atoms with Gasteiger partial charge < -0.3 is 8.94 Å². The van der Waals surface area contributed by atoms with Crippen molar-refractivity contribution in [3.05, 3.63) is 36.2 Å². The predicted molar refractivity (Wildman–Crippen MR) is 58.5 cm³/mol. The Labute approximate surface area is 95.9 Å². The predicted octanol–water partition coefficient (Wildman–Crippen LogP) is 1.87. The minimum absolute atomic E-state index is 0.0766. The van der Waals surface area contributed by atoms with Crippen LogP contribution in [0.15, 0.2) is 39.3 Å². The van der Waals surface area contributed by atoms with Gasteiger partial charge in [0.2, 0.25) is 5.82 Å². The van der Waals surface area contributed by atoms with E-state index in [1.54, 1.807) is 0 Å². The van der Waals surface area contributed by atoms with Crippen LogP contribution in [0.3, 0.4) is 0 Å². The van der Waals surface area contributed by atoms with E-state index in [0.29, 0.717) is 17.5 Å². The SMILES string of the molecule is NOCc1nc(-c2cc3ccccc3o2)no1. The highest BCUT2D eigenvalue weighted by Crippen LogP contribution is 2.25. The zero-order chi connectivity index (χ0) is 11.7. The third-order valence-corrected chi connectivity index (χ3v) is 2.32. The molecule has 0 saturated heterocycles. The van der Waals surface area contributed by atoms with Gasteiger partial charge in [-0.05, 0) is 12.1 Å². The van der Waals surface area contributed by atoms with Gasteiger partial charge in [0.25, 0.3) is 5.89 Å². The summed E-state index contributed by atoms with van der Waals surface area (Å²) in [5.41, 5.74) is 0.781. The maximum atomic E-state index is 5.59. The summed E-state index contributed by atoms with van der Waals surface area (Å²) in [7, 11) is 0. The minimum atomic E-state index is 0.0766. The molecule has 0 bridgehead atoms. The van der Waals surface area contributed by atoms with Crippen LogP contribution in [0.5, 0.6) is 0 Å². The maximum absolute atomic E-state index is 5.59. The lowest BCUT2D eigenvalue weighted by Crippen LogP contribution is -1.98. The van der Waals surface area contributed by atoms with Crippen LogP contribution >= 0.6 is 0 Å². The first-order valence-corrected chi connectivity index (χ1v) is 5.00. The Kier molecular flexibility index (Phi) is 2.36. The molecule has 3 rings (SSSR count). The van der Waals surface area contributed by atoms with E-state index in [1.165, 1.54) is 0 Å². The van der Waals surface area contributed by atoms with Crippen LogP contribution in [0.25, 0.3) is 22.6 Å². The van der Waals surface area contributed by atoms with Crippen LogP contribution in [-0.2, 0) is 11.4 Å². The van der Waals surface area contributed by atoms with Crippen LogP contribution in [0.2, 0.25) is 0 Å². The van der Waals surface area contributed by atoms with Crippen LogP contribution < -0.4 is 5.90 Å². The Morgan fingerprint density at radius 1 is 1.29 bits per heavy atom. The molecule has 0 aliphatic rings. The van der Waals surface area contributed by atoms with Gasteiger partial charge in [-0.3, -0.25) is 4.84 Å². The normalized spacial score (nSPS) is 11.1. The van der Waals surface area contributed by atoms with Crippen molar-refractivity contribution in [1.29, 1.82) is 0 Å². The Morgan fingerprint density at radius 2 is 2.18 bits per heavy atom. The topological polar surface area (TPSA) is 87.3 Å². The molecule has 86 valence electrons. The van der Waals surface area contributed by atoms with E-state index in [-0.39, 0.29) is 6.61 Å². The summed E-state index contributed by atoms with van der Waals surface area (Å²) in [6, 6.07) is 9.52. The van der Waals surface area contributed by atoms with E-state index in [2.05, 4.69) is 15.0 Å². The fraction of sp³-hybridized carbons (Fsp3) is 0.0909. The first kappa shape index (κ1) is 10.0. The number of hydrogen-bond acceptors (Lipinski definition) is 6. The number of rotatable bonds is 3. The van der Waals surface area contributed by atoms with Crippen molar-refractivity contribution in [1.82, 2.24) is 10.1 Å².